The summed E-state index contributed by atoms with van der Waals surface area (Å²) in [5, 5.41) is 6.89. The number of methoxy groups -OCH3 is 2. The molecular formula is C28H34N2O4. The second-order valence-electron chi connectivity index (χ2n) is 9.05. The van der Waals surface area contributed by atoms with Gasteiger partial charge < -0.3 is 20.1 Å². The number of esters is 2. The van der Waals surface area contributed by atoms with Crippen molar-refractivity contribution in [2.45, 2.75) is 54.4 Å². The maximum Gasteiger partial charge on any atom is 0.335 e. The van der Waals surface area contributed by atoms with Crippen molar-refractivity contribution in [3.05, 3.63) is 80.2 Å². The number of rotatable bonds is 6. The molecule has 180 valence electrons. The molecule has 3 rings (SSSR count). The average molecular weight is 463 g/mol. The van der Waals surface area contributed by atoms with E-state index in [0.717, 1.165) is 44.8 Å². The van der Waals surface area contributed by atoms with Gasteiger partial charge in [-0.15, -0.1) is 0 Å². The van der Waals surface area contributed by atoms with Crippen LogP contribution in [0.5, 0.6) is 0 Å². The number of anilines is 2. The summed E-state index contributed by atoms with van der Waals surface area (Å²) in [6, 6.07) is 8.35. The van der Waals surface area contributed by atoms with Crippen LogP contribution in [0, 0.1) is 41.5 Å². The van der Waals surface area contributed by atoms with E-state index in [1.54, 1.807) is 0 Å². The average Bonchev–Trinajstić information content (AvgIpc) is 2.77. The summed E-state index contributed by atoms with van der Waals surface area (Å²) in [5.74, 6) is -0.851. The fourth-order valence-corrected chi connectivity index (χ4v) is 4.71. The Balaban J connectivity index is 2.08. The quantitative estimate of drug-likeness (QED) is 0.536. The van der Waals surface area contributed by atoms with Gasteiger partial charge in [-0.25, -0.2) is 9.59 Å². The highest BCUT2D eigenvalue weighted by Gasteiger charge is 2.30. The van der Waals surface area contributed by atoms with Gasteiger partial charge >= 0.3 is 11.9 Å². The molecule has 6 heteroatoms. The van der Waals surface area contributed by atoms with Crippen molar-refractivity contribution in [3.8, 4) is 0 Å². The topological polar surface area (TPSA) is 76.7 Å². The summed E-state index contributed by atoms with van der Waals surface area (Å²) in [6.07, 6.45) is 0.437. The van der Waals surface area contributed by atoms with Crippen LogP contribution in [0.25, 0.3) is 0 Å². The van der Waals surface area contributed by atoms with Crippen molar-refractivity contribution < 1.29 is 19.1 Å². The van der Waals surface area contributed by atoms with Crippen LogP contribution in [0.1, 0.15) is 46.2 Å². The Morgan fingerprint density at radius 3 is 1.18 bits per heavy atom. The van der Waals surface area contributed by atoms with Crippen molar-refractivity contribution in [1.82, 2.24) is 0 Å². The predicted molar refractivity (Wildman–Crippen MR) is 136 cm³/mol. The molecule has 6 nitrogen and oxygen atoms in total. The van der Waals surface area contributed by atoms with Gasteiger partial charge in [-0.2, -0.15) is 0 Å². The lowest BCUT2D eigenvalue weighted by Crippen LogP contribution is -2.25. The third-order valence-corrected chi connectivity index (χ3v) is 6.21. The van der Waals surface area contributed by atoms with Gasteiger partial charge in [-0.05, 0) is 63.8 Å². The molecule has 2 aromatic rings. The molecule has 1 aliphatic rings. The Bertz CT molecular complexity index is 1080. The van der Waals surface area contributed by atoms with Gasteiger partial charge in [0.25, 0.3) is 0 Å². The number of hydrogen-bond acceptors (Lipinski definition) is 6. The fourth-order valence-electron chi connectivity index (χ4n) is 4.71. The number of allylic oxidation sites excluding steroid dienone is 2. The van der Waals surface area contributed by atoms with Crippen LogP contribution in [0.2, 0.25) is 0 Å². The van der Waals surface area contributed by atoms with E-state index < -0.39 is 11.9 Å². The minimum atomic E-state index is -0.425. The Kier molecular flexibility index (Phi) is 7.50. The Morgan fingerprint density at radius 1 is 0.618 bits per heavy atom. The molecule has 1 aliphatic carbocycles. The molecule has 0 saturated carbocycles. The monoisotopic (exact) mass is 462 g/mol. The van der Waals surface area contributed by atoms with E-state index >= 15 is 0 Å². The molecule has 0 amide bonds. The third kappa shape index (κ3) is 5.16. The SMILES string of the molecule is COC(=O)C1=C(Nc2c(C)cc(C)cc2C)CC(C(=O)OC)=C(Nc2c(C)cc(C)cc2C)C1. The first-order valence-electron chi connectivity index (χ1n) is 11.4. The highest BCUT2D eigenvalue weighted by Crippen LogP contribution is 2.36. The van der Waals surface area contributed by atoms with Gasteiger partial charge in [0.1, 0.15) is 0 Å². The molecule has 2 aromatic carbocycles. The molecule has 0 heterocycles. The summed E-state index contributed by atoms with van der Waals surface area (Å²) >= 11 is 0. The molecule has 2 N–H and O–H groups in total. The fraction of sp³-hybridized carbons (Fsp3) is 0.357. The lowest BCUT2D eigenvalue weighted by atomic mass is 9.91. The van der Waals surface area contributed by atoms with E-state index in [4.69, 9.17) is 9.47 Å². The summed E-state index contributed by atoms with van der Waals surface area (Å²) in [6.45, 7) is 12.2. The second-order valence-corrected chi connectivity index (χ2v) is 9.05. The van der Waals surface area contributed by atoms with Gasteiger partial charge in [0.05, 0.1) is 25.4 Å². The zero-order valence-corrected chi connectivity index (χ0v) is 21.4. The Hall–Kier alpha value is -3.54. The highest BCUT2D eigenvalue weighted by atomic mass is 16.5. The van der Waals surface area contributed by atoms with Crippen LogP contribution in [-0.4, -0.2) is 26.2 Å². The highest BCUT2D eigenvalue weighted by molar-refractivity contribution is 5.96. The first-order chi connectivity index (χ1) is 16.0. The van der Waals surface area contributed by atoms with Gasteiger partial charge in [0.15, 0.2) is 0 Å². The van der Waals surface area contributed by atoms with Gasteiger partial charge in [0, 0.05) is 35.6 Å². The lowest BCUT2D eigenvalue weighted by molar-refractivity contribution is -0.137. The number of nitrogens with one attached hydrogen (secondary N) is 2. The van der Waals surface area contributed by atoms with Crippen LogP contribution in [-0.2, 0) is 19.1 Å². The van der Waals surface area contributed by atoms with E-state index in [1.807, 2.05) is 27.7 Å². The van der Waals surface area contributed by atoms with Crippen LogP contribution in [0.15, 0.2) is 46.8 Å². The number of ether oxygens (including phenoxy) is 2. The van der Waals surface area contributed by atoms with Crippen LogP contribution < -0.4 is 10.6 Å². The van der Waals surface area contributed by atoms with E-state index in [1.165, 1.54) is 14.2 Å². The molecule has 0 bridgehead atoms. The van der Waals surface area contributed by atoms with Crippen molar-refractivity contribution in [2.24, 2.45) is 0 Å². The normalized spacial score (nSPS) is 13.6. The standard InChI is InChI=1S/C28H34N2O4/c1-15-9-17(3)25(18(4)10-15)29-23-13-22(28(32)34-8)24(14-21(23)27(31)33-7)30-26-19(5)11-16(2)12-20(26)6/h9-12,29-30H,13-14H2,1-8H3. The van der Waals surface area contributed by atoms with Crippen molar-refractivity contribution in [1.29, 1.82) is 0 Å². The number of benzene rings is 2. The summed E-state index contributed by atoms with van der Waals surface area (Å²) in [5.41, 5.74) is 10.7. The predicted octanol–water partition coefficient (Wildman–Crippen LogP) is 5.71. The van der Waals surface area contributed by atoms with E-state index in [9.17, 15) is 9.59 Å². The van der Waals surface area contributed by atoms with Gasteiger partial charge in [-0.1, -0.05) is 35.4 Å². The smallest absolute Gasteiger partial charge is 0.335 e. The van der Waals surface area contributed by atoms with Crippen LogP contribution in [0.3, 0.4) is 0 Å². The molecule has 34 heavy (non-hydrogen) atoms. The molecule has 0 radical (unpaired) electrons. The van der Waals surface area contributed by atoms with Gasteiger partial charge in [-0.3, -0.25) is 0 Å². The van der Waals surface area contributed by atoms with Crippen molar-refractivity contribution in [2.75, 3.05) is 24.9 Å². The summed E-state index contributed by atoms with van der Waals surface area (Å²) < 4.78 is 10.2. The first-order valence-corrected chi connectivity index (χ1v) is 11.4. The minimum absolute atomic E-state index is 0.218. The molecule has 0 unspecified atom stereocenters. The van der Waals surface area contributed by atoms with Crippen LogP contribution >= 0.6 is 0 Å². The number of hydrogen-bond donors (Lipinski definition) is 2. The zero-order valence-electron chi connectivity index (χ0n) is 21.4. The molecule has 0 atom stereocenters. The maximum absolute atomic E-state index is 12.8. The van der Waals surface area contributed by atoms with E-state index in [2.05, 4.69) is 48.7 Å². The number of carbonyl (C=O) groups excluding carboxylic acids is 2. The Labute approximate surface area is 202 Å². The summed E-state index contributed by atoms with van der Waals surface area (Å²) in [4.78, 5) is 25.7. The Morgan fingerprint density at radius 2 is 0.912 bits per heavy atom. The van der Waals surface area contributed by atoms with Crippen LogP contribution in [0.4, 0.5) is 11.4 Å². The first kappa shape index (κ1) is 25.1. The molecule has 0 aromatic heterocycles. The zero-order chi connectivity index (χ0) is 25.2. The minimum Gasteiger partial charge on any atom is -0.466 e. The lowest BCUT2D eigenvalue weighted by Gasteiger charge is -2.27. The summed E-state index contributed by atoms with van der Waals surface area (Å²) in [7, 11) is 2.74. The van der Waals surface area contributed by atoms with E-state index in [-0.39, 0.29) is 12.8 Å². The third-order valence-electron chi connectivity index (χ3n) is 6.21. The molecule has 0 spiro atoms. The largest absolute Gasteiger partial charge is 0.466 e. The van der Waals surface area contributed by atoms with Gasteiger partial charge in [0.2, 0.25) is 0 Å². The second kappa shape index (κ2) is 10.2. The van der Waals surface area contributed by atoms with Crippen molar-refractivity contribution in [3.63, 3.8) is 0 Å². The van der Waals surface area contributed by atoms with Crippen molar-refractivity contribution >= 4 is 23.3 Å². The number of aryl methyl sites for hydroxylation is 6. The molecule has 0 saturated heterocycles. The molecular weight excluding hydrogens is 428 g/mol. The maximum atomic E-state index is 12.8. The van der Waals surface area contributed by atoms with E-state index in [0.29, 0.717) is 22.5 Å². The molecule has 0 fully saturated rings. The number of carbonyl (C=O) groups is 2. The molecule has 0 aliphatic heterocycles.